The summed E-state index contributed by atoms with van der Waals surface area (Å²) < 4.78 is 12.8. The molecule has 0 saturated carbocycles. The number of hydrogen-bond donors (Lipinski definition) is 1. The number of fused-ring (bicyclic) bond motifs is 4. The zero-order valence-electron chi connectivity index (χ0n) is 20.7. The van der Waals surface area contributed by atoms with Crippen molar-refractivity contribution in [1.82, 2.24) is 24.6 Å². The summed E-state index contributed by atoms with van der Waals surface area (Å²) in [5.41, 5.74) is 2.05. The predicted octanol–water partition coefficient (Wildman–Crippen LogP) is 4.39. The normalized spacial score (nSPS) is 15.3. The highest BCUT2D eigenvalue weighted by molar-refractivity contribution is 7.18. The first-order valence-corrected chi connectivity index (χ1v) is 13.8. The highest BCUT2D eigenvalue weighted by Gasteiger charge is 2.23. The Labute approximate surface area is 219 Å². The molecule has 0 radical (unpaired) electrons. The summed E-state index contributed by atoms with van der Waals surface area (Å²) in [6.07, 6.45) is 3.77. The molecule has 0 bridgehead atoms. The summed E-state index contributed by atoms with van der Waals surface area (Å²) in [4.78, 5) is 40.3. The van der Waals surface area contributed by atoms with Gasteiger partial charge in [-0.05, 0) is 55.4 Å². The minimum atomic E-state index is -0.239. The molecule has 0 fully saturated rings. The van der Waals surface area contributed by atoms with Crippen LogP contribution >= 0.6 is 22.7 Å². The molecule has 11 heteroatoms. The lowest BCUT2D eigenvalue weighted by molar-refractivity contribution is 0.281. The van der Waals surface area contributed by atoms with Crippen LogP contribution in [0.25, 0.3) is 26.6 Å². The molecule has 37 heavy (non-hydrogen) atoms. The Kier molecular flexibility index (Phi) is 6.04. The van der Waals surface area contributed by atoms with Crippen LogP contribution in [0.2, 0.25) is 0 Å². The Balaban J connectivity index is 1.28. The molecule has 4 heterocycles. The van der Waals surface area contributed by atoms with Crippen LogP contribution in [0.5, 0.6) is 11.5 Å². The topological polar surface area (TPSA) is 111 Å². The summed E-state index contributed by atoms with van der Waals surface area (Å²) in [6, 6.07) is 6.82. The average molecular weight is 536 g/mol. The number of ether oxygens (including phenoxy) is 2. The molecule has 0 spiro atoms. The van der Waals surface area contributed by atoms with Crippen molar-refractivity contribution in [2.24, 2.45) is 5.92 Å². The predicted molar refractivity (Wildman–Crippen MR) is 144 cm³/mol. The van der Waals surface area contributed by atoms with Gasteiger partial charge in [0.1, 0.15) is 22.3 Å². The summed E-state index contributed by atoms with van der Waals surface area (Å²) in [6.45, 7) is 4.34. The van der Waals surface area contributed by atoms with Gasteiger partial charge >= 0.3 is 0 Å². The van der Waals surface area contributed by atoms with E-state index in [0.717, 1.165) is 52.0 Å². The number of methoxy groups -OCH3 is 1. The molecule has 9 nitrogen and oxygen atoms in total. The Morgan fingerprint density at radius 1 is 1.16 bits per heavy atom. The second-order valence-electron chi connectivity index (χ2n) is 9.23. The monoisotopic (exact) mass is 535 g/mol. The van der Waals surface area contributed by atoms with Gasteiger partial charge in [0.2, 0.25) is 4.96 Å². The minimum absolute atomic E-state index is 0.0982. The molecule has 0 aliphatic heterocycles. The summed E-state index contributed by atoms with van der Waals surface area (Å²) in [7, 11) is 1.56. The second kappa shape index (κ2) is 9.38. The van der Waals surface area contributed by atoms with E-state index in [1.165, 1.54) is 26.8 Å². The number of H-pyrrole nitrogens is 1. The maximum Gasteiger partial charge on any atom is 0.275 e. The zero-order valence-corrected chi connectivity index (χ0v) is 22.3. The molecule has 6 rings (SSSR count). The molecule has 4 aromatic heterocycles. The van der Waals surface area contributed by atoms with Gasteiger partial charge in [0.05, 0.1) is 18.2 Å². The molecule has 1 N–H and O–H groups in total. The van der Waals surface area contributed by atoms with Gasteiger partial charge in [0.15, 0.2) is 11.5 Å². The van der Waals surface area contributed by atoms with Crippen molar-refractivity contribution in [3.8, 4) is 22.9 Å². The van der Waals surface area contributed by atoms with Gasteiger partial charge in [0, 0.05) is 16.5 Å². The Morgan fingerprint density at radius 2 is 2.03 bits per heavy atom. The third-order valence-electron chi connectivity index (χ3n) is 6.62. The summed E-state index contributed by atoms with van der Waals surface area (Å²) in [5.74, 6) is 2.10. The van der Waals surface area contributed by atoms with Crippen molar-refractivity contribution in [2.45, 2.75) is 46.1 Å². The molecule has 1 aliphatic rings. The lowest BCUT2D eigenvalue weighted by Crippen LogP contribution is -2.16. The molecular formula is C26H25N5O4S2. The number of aromatic nitrogens is 5. The molecule has 1 atom stereocenters. The first kappa shape index (κ1) is 23.8. The van der Waals surface area contributed by atoms with Gasteiger partial charge in [-0.1, -0.05) is 25.2 Å². The molecule has 1 aromatic carbocycles. The summed E-state index contributed by atoms with van der Waals surface area (Å²) in [5, 5.41) is 5.85. The number of nitrogens with zero attached hydrogens (tertiary/aromatic N) is 4. The Hall–Kier alpha value is -3.57. The van der Waals surface area contributed by atoms with E-state index >= 15 is 0 Å². The number of hydrogen-bond acceptors (Lipinski definition) is 9. The van der Waals surface area contributed by atoms with Crippen molar-refractivity contribution >= 4 is 37.9 Å². The van der Waals surface area contributed by atoms with E-state index in [1.54, 1.807) is 30.6 Å². The van der Waals surface area contributed by atoms with E-state index in [9.17, 15) is 9.59 Å². The van der Waals surface area contributed by atoms with E-state index < -0.39 is 0 Å². The number of aromatic amines is 1. The van der Waals surface area contributed by atoms with Crippen LogP contribution in [0, 0.1) is 5.92 Å². The Morgan fingerprint density at radius 3 is 2.84 bits per heavy atom. The molecule has 0 amide bonds. The third-order valence-corrected chi connectivity index (χ3v) is 8.82. The standard InChI is InChI=1S/C26H25N5O4S2/c1-4-20-30-31-21(32)11-15(27-26(31)37-20)12-35-17-8-6-14(10-18(17)34-3)23-28-24(33)22-16-7-5-13(2)9-19(16)36-25(22)29-23/h6,8,10-11,13H,4-5,7,9,12H2,1-3H3,(H,28,29,33)/t13-/m0/s1. The van der Waals surface area contributed by atoms with Crippen LogP contribution in [0.1, 0.15) is 41.4 Å². The van der Waals surface area contributed by atoms with Crippen LogP contribution < -0.4 is 20.6 Å². The van der Waals surface area contributed by atoms with Crippen molar-refractivity contribution in [2.75, 3.05) is 7.11 Å². The molecule has 0 saturated heterocycles. The van der Waals surface area contributed by atoms with E-state index in [-0.39, 0.29) is 17.7 Å². The zero-order chi connectivity index (χ0) is 25.7. The van der Waals surface area contributed by atoms with Crippen LogP contribution in [0.3, 0.4) is 0 Å². The van der Waals surface area contributed by atoms with E-state index in [4.69, 9.17) is 14.5 Å². The lowest BCUT2D eigenvalue weighted by atomic mass is 9.89. The van der Waals surface area contributed by atoms with Crippen molar-refractivity contribution < 1.29 is 9.47 Å². The van der Waals surface area contributed by atoms with E-state index in [2.05, 4.69) is 22.0 Å². The molecular weight excluding hydrogens is 510 g/mol. The number of thiophene rings is 1. The lowest BCUT2D eigenvalue weighted by Gasteiger charge is -2.17. The van der Waals surface area contributed by atoms with Gasteiger partial charge in [-0.15, -0.1) is 11.3 Å². The maximum atomic E-state index is 13.0. The fraction of sp³-hybridized carbons (Fsp3) is 0.346. The number of nitrogens with one attached hydrogen (secondary N) is 1. The van der Waals surface area contributed by atoms with Crippen LogP contribution in [-0.2, 0) is 25.9 Å². The van der Waals surface area contributed by atoms with E-state index in [1.807, 2.05) is 13.0 Å². The van der Waals surface area contributed by atoms with Gasteiger partial charge in [0.25, 0.3) is 11.1 Å². The van der Waals surface area contributed by atoms with Gasteiger partial charge < -0.3 is 14.5 Å². The van der Waals surface area contributed by atoms with Gasteiger partial charge in [-0.3, -0.25) is 9.59 Å². The van der Waals surface area contributed by atoms with Gasteiger partial charge in [-0.2, -0.15) is 9.61 Å². The first-order valence-electron chi connectivity index (χ1n) is 12.2. The molecule has 190 valence electrons. The summed E-state index contributed by atoms with van der Waals surface area (Å²) >= 11 is 3.02. The van der Waals surface area contributed by atoms with Crippen molar-refractivity contribution in [1.29, 1.82) is 0 Å². The van der Waals surface area contributed by atoms with Gasteiger partial charge in [-0.25, -0.2) is 9.97 Å². The van der Waals surface area contributed by atoms with E-state index in [0.29, 0.717) is 33.9 Å². The largest absolute Gasteiger partial charge is 0.493 e. The highest BCUT2D eigenvalue weighted by Crippen LogP contribution is 2.37. The molecule has 0 unspecified atom stereocenters. The number of rotatable bonds is 6. The Bertz CT molecular complexity index is 1770. The first-order chi connectivity index (χ1) is 17.9. The SMILES string of the molecule is CCc1nn2c(=O)cc(COc3ccc(-c4nc5sc6c(c5c(=O)[nH]4)CC[C@H](C)C6)cc3OC)nc2s1. The second-order valence-corrected chi connectivity index (χ2v) is 11.4. The highest BCUT2D eigenvalue weighted by atomic mass is 32.1. The molecule has 5 aromatic rings. The third kappa shape index (κ3) is 4.31. The van der Waals surface area contributed by atoms with Crippen molar-refractivity contribution in [3.63, 3.8) is 0 Å². The number of benzene rings is 1. The number of aryl methyl sites for hydroxylation is 2. The van der Waals surface area contributed by atoms with Crippen LogP contribution in [0.15, 0.2) is 33.9 Å². The molecule has 1 aliphatic carbocycles. The fourth-order valence-electron chi connectivity index (χ4n) is 4.68. The van der Waals surface area contributed by atoms with Crippen LogP contribution in [0.4, 0.5) is 0 Å². The fourth-order valence-corrected chi connectivity index (χ4v) is 6.93. The smallest absolute Gasteiger partial charge is 0.275 e. The minimum Gasteiger partial charge on any atom is -0.493 e. The van der Waals surface area contributed by atoms with Crippen molar-refractivity contribution in [3.05, 3.63) is 66.1 Å². The quantitative estimate of drug-likeness (QED) is 0.343. The maximum absolute atomic E-state index is 13.0. The van der Waals surface area contributed by atoms with Crippen LogP contribution in [-0.4, -0.2) is 31.7 Å². The average Bonchev–Trinajstić information content (AvgIpc) is 3.48.